The highest BCUT2D eigenvalue weighted by atomic mass is 35.5. The highest BCUT2D eigenvalue weighted by molar-refractivity contribution is 5.87. The molecule has 104 valence electrons. The Kier molecular flexibility index (Phi) is 6.13. The lowest BCUT2D eigenvalue weighted by Gasteiger charge is -2.15. The number of nitrogens with two attached hydrogens (primary N) is 1. The predicted molar refractivity (Wildman–Crippen MR) is 84.3 cm³/mol. The lowest BCUT2D eigenvalue weighted by molar-refractivity contribution is 0.314. The topological polar surface area (TPSA) is 35.2 Å². The molecule has 2 aromatic carbocycles. The molecule has 0 heterocycles. The van der Waals surface area contributed by atoms with Gasteiger partial charge in [0.25, 0.3) is 0 Å². The van der Waals surface area contributed by atoms with Gasteiger partial charge in [-0.2, -0.15) is 0 Å². The Morgan fingerprint density at radius 3 is 2.58 bits per heavy atom. The number of hydrogen-bond donors (Lipinski definition) is 1. The highest BCUT2D eigenvalue weighted by Gasteiger charge is 2.10. The van der Waals surface area contributed by atoms with Crippen LogP contribution < -0.4 is 10.5 Å². The van der Waals surface area contributed by atoms with Crippen molar-refractivity contribution in [3.63, 3.8) is 0 Å². The molecular formula is C16H22ClNO. The molecule has 0 aliphatic carbocycles. The lowest BCUT2D eigenvalue weighted by Crippen LogP contribution is -2.18. The van der Waals surface area contributed by atoms with Gasteiger partial charge in [0.15, 0.2) is 0 Å². The summed E-state index contributed by atoms with van der Waals surface area (Å²) < 4.78 is 5.84. The number of ether oxygens (including phenoxy) is 1. The Bertz CT molecular complexity index is 525. The van der Waals surface area contributed by atoms with Crippen molar-refractivity contribution in [3.05, 3.63) is 42.0 Å². The Labute approximate surface area is 121 Å². The van der Waals surface area contributed by atoms with Crippen LogP contribution in [0.1, 0.15) is 25.8 Å². The van der Waals surface area contributed by atoms with Crippen molar-refractivity contribution in [1.29, 1.82) is 0 Å². The standard InChI is InChI=1S/C16H21NO.ClH/c1-3-10-18-16-9-8-13-6-4-5-7-14(13)15(16)11-12(2)17;/h4-9,12H,3,10-11,17H2,1-2H3;1H. The Balaban J connectivity index is 0.00000180. The van der Waals surface area contributed by atoms with E-state index in [1.165, 1.54) is 16.3 Å². The maximum absolute atomic E-state index is 5.96. The van der Waals surface area contributed by atoms with E-state index in [1.807, 2.05) is 6.92 Å². The molecule has 2 N–H and O–H groups in total. The maximum Gasteiger partial charge on any atom is 0.123 e. The molecule has 0 radical (unpaired) electrons. The molecule has 0 saturated carbocycles. The molecule has 0 bridgehead atoms. The molecule has 3 heteroatoms. The first-order valence-electron chi connectivity index (χ1n) is 6.61. The van der Waals surface area contributed by atoms with Gasteiger partial charge in [0.1, 0.15) is 5.75 Å². The van der Waals surface area contributed by atoms with Gasteiger partial charge >= 0.3 is 0 Å². The molecule has 0 amide bonds. The Hall–Kier alpha value is -1.25. The van der Waals surface area contributed by atoms with E-state index < -0.39 is 0 Å². The summed E-state index contributed by atoms with van der Waals surface area (Å²) in [5, 5.41) is 2.50. The summed E-state index contributed by atoms with van der Waals surface area (Å²) in [6, 6.07) is 12.7. The number of hydrogen-bond acceptors (Lipinski definition) is 2. The molecule has 19 heavy (non-hydrogen) atoms. The van der Waals surface area contributed by atoms with Gasteiger partial charge in [-0.3, -0.25) is 0 Å². The van der Waals surface area contributed by atoms with Crippen LogP contribution in [-0.2, 0) is 6.42 Å². The van der Waals surface area contributed by atoms with E-state index in [4.69, 9.17) is 10.5 Å². The largest absolute Gasteiger partial charge is 0.493 e. The summed E-state index contributed by atoms with van der Waals surface area (Å²) in [4.78, 5) is 0. The molecule has 0 aromatic heterocycles. The van der Waals surface area contributed by atoms with Gasteiger partial charge < -0.3 is 10.5 Å². The van der Waals surface area contributed by atoms with E-state index in [0.29, 0.717) is 0 Å². The van der Waals surface area contributed by atoms with Crippen LogP contribution in [0.2, 0.25) is 0 Å². The van der Waals surface area contributed by atoms with Gasteiger partial charge in [-0.05, 0) is 36.6 Å². The van der Waals surface area contributed by atoms with Crippen molar-refractivity contribution in [2.45, 2.75) is 32.7 Å². The van der Waals surface area contributed by atoms with Crippen molar-refractivity contribution in [2.75, 3.05) is 6.61 Å². The van der Waals surface area contributed by atoms with Crippen LogP contribution in [0, 0.1) is 0 Å². The van der Waals surface area contributed by atoms with Crippen LogP contribution in [0.3, 0.4) is 0 Å². The Morgan fingerprint density at radius 1 is 1.16 bits per heavy atom. The van der Waals surface area contributed by atoms with Crippen LogP contribution in [0.4, 0.5) is 0 Å². The minimum Gasteiger partial charge on any atom is -0.493 e. The summed E-state index contributed by atoms with van der Waals surface area (Å²) in [6.07, 6.45) is 1.87. The van der Waals surface area contributed by atoms with Crippen LogP contribution in [0.25, 0.3) is 10.8 Å². The number of halogens is 1. The molecule has 0 saturated heterocycles. The van der Waals surface area contributed by atoms with Gasteiger partial charge in [0.05, 0.1) is 6.61 Å². The van der Waals surface area contributed by atoms with E-state index in [9.17, 15) is 0 Å². The third-order valence-electron chi connectivity index (χ3n) is 2.99. The molecule has 0 spiro atoms. The molecule has 1 unspecified atom stereocenters. The second-order valence-electron chi connectivity index (χ2n) is 4.79. The third-order valence-corrected chi connectivity index (χ3v) is 2.99. The van der Waals surface area contributed by atoms with E-state index >= 15 is 0 Å². The predicted octanol–water partition coefficient (Wildman–Crippen LogP) is 3.94. The van der Waals surface area contributed by atoms with Crippen molar-refractivity contribution >= 4 is 23.2 Å². The zero-order chi connectivity index (χ0) is 13.0. The first-order valence-corrected chi connectivity index (χ1v) is 6.61. The van der Waals surface area contributed by atoms with Crippen LogP contribution in [0.15, 0.2) is 36.4 Å². The molecule has 0 fully saturated rings. The summed E-state index contributed by atoms with van der Waals surface area (Å²) in [7, 11) is 0. The highest BCUT2D eigenvalue weighted by Crippen LogP contribution is 2.29. The zero-order valence-electron chi connectivity index (χ0n) is 11.6. The van der Waals surface area contributed by atoms with Crippen molar-refractivity contribution in [3.8, 4) is 5.75 Å². The first-order chi connectivity index (χ1) is 8.72. The van der Waals surface area contributed by atoms with E-state index in [2.05, 4.69) is 43.3 Å². The average Bonchev–Trinajstić information content (AvgIpc) is 2.37. The van der Waals surface area contributed by atoms with Gasteiger partial charge in [-0.15, -0.1) is 12.4 Å². The molecule has 1 atom stereocenters. The van der Waals surface area contributed by atoms with Gasteiger partial charge in [0, 0.05) is 11.6 Å². The summed E-state index contributed by atoms with van der Waals surface area (Å²) in [5.41, 5.74) is 7.19. The van der Waals surface area contributed by atoms with Crippen molar-refractivity contribution < 1.29 is 4.74 Å². The van der Waals surface area contributed by atoms with Gasteiger partial charge in [0.2, 0.25) is 0 Å². The van der Waals surface area contributed by atoms with E-state index in [0.717, 1.165) is 25.2 Å². The molecule has 2 rings (SSSR count). The minimum atomic E-state index is 0. The van der Waals surface area contributed by atoms with E-state index in [-0.39, 0.29) is 18.4 Å². The van der Waals surface area contributed by atoms with Crippen molar-refractivity contribution in [2.24, 2.45) is 5.73 Å². The van der Waals surface area contributed by atoms with E-state index in [1.54, 1.807) is 0 Å². The van der Waals surface area contributed by atoms with Crippen LogP contribution in [0.5, 0.6) is 5.75 Å². The fourth-order valence-corrected chi connectivity index (χ4v) is 2.20. The van der Waals surface area contributed by atoms with Crippen LogP contribution in [-0.4, -0.2) is 12.6 Å². The third kappa shape index (κ3) is 3.85. The second-order valence-corrected chi connectivity index (χ2v) is 4.79. The molecular weight excluding hydrogens is 258 g/mol. The SMILES string of the molecule is CCCOc1ccc2ccccc2c1CC(C)N.Cl. The summed E-state index contributed by atoms with van der Waals surface area (Å²) in [5.74, 6) is 0.979. The molecule has 0 aliphatic rings. The second kappa shape index (κ2) is 7.37. The maximum atomic E-state index is 5.96. The smallest absolute Gasteiger partial charge is 0.123 e. The fraction of sp³-hybridized carbons (Fsp3) is 0.375. The molecule has 0 aliphatic heterocycles. The lowest BCUT2D eigenvalue weighted by atomic mass is 9.98. The van der Waals surface area contributed by atoms with Gasteiger partial charge in [-0.1, -0.05) is 37.3 Å². The fourth-order valence-electron chi connectivity index (χ4n) is 2.20. The van der Waals surface area contributed by atoms with Crippen molar-refractivity contribution in [1.82, 2.24) is 0 Å². The quantitative estimate of drug-likeness (QED) is 0.900. The van der Waals surface area contributed by atoms with Gasteiger partial charge in [-0.25, -0.2) is 0 Å². The summed E-state index contributed by atoms with van der Waals surface area (Å²) in [6.45, 7) is 4.90. The minimum absolute atomic E-state index is 0. The average molecular weight is 280 g/mol. The zero-order valence-corrected chi connectivity index (χ0v) is 12.4. The summed E-state index contributed by atoms with van der Waals surface area (Å²) >= 11 is 0. The normalized spacial score (nSPS) is 11.9. The number of benzene rings is 2. The molecule has 2 nitrogen and oxygen atoms in total. The first kappa shape index (κ1) is 15.8. The van der Waals surface area contributed by atoms with Crippen LogP contribution >= 0.6 is 12.4 Å². The monoisotopic (exact) mass is 279 g/mol. The molecule has 2 aromatic rings. The Morgan fingerprint density at radius 2 is 1.89 bits per heavy atom. The number of rotatable bonds is 5. The number of fused-ring (bicyclic) bond motifs is 1.